The van der Waals surface area contributed by atoms with Crippen LogP contribution in [0.2, 0.25) is 5.02 Å². The number of anilines is 1. The van der Waals surface area contributed by atoms with Crippen LogP contribution in [-0.4, -0.2) is 16.9 Å². The molecule has 2 aromatic rings. The fraction of sp³-hybridized carbons (Fsp3) is 0.0588. The van der Waals surface area contributed by atoms with Gasteiger partial charge in [0, 0.05) is 10.6 Å². The van der Waals surface area contributed by atoms with Crippen molar-refractivity contribution >= 4 is 35.2 Å². The smallest absolute Gasteiger partial charge is 0.282 e. The predicted octanol–water partition coefficient (Wildman–Crippen LogP) is 2.82. The monoisotopic (exact) mass is 328 g/mol. The number of rotatable bonds is 2. The van der Waals surface area contributed by atoms with Crippen LogP contribution in [0.25, 0.3) is 6.08 Å². The molecule has 0 bridgehead atoms. The highest BCUT2D eigenvalue weighted by molar-refractivity contribution is 6.33. The topological polar surface area (TPSA) is 69.6 Å². The first-order valence-electron chi connectivity index (χ1n) is 6.88. The van der Waals surface area contributed by atoms with Crippen LogP contribution in [0, 0.1) is 6.92 Å². The van der Waals surface area contributed by atoms with E-state index in [-0.39, 0.29) is 11.3 Å². The number of phenolic OH excluding ortho intramolecular Hbond substituents is 1. The van der Waals surface area contributed by atoms with Gasteiger partial charge in [0.15, 0.2) is 0 Å². The lowest BCUT2D eigenvalue weighted by molar-refractivity contribution is -0.117. The summed E-state index contributed by atoms with van der Waals surface area (Å²) in [6, 6.07) is 11.6. The average molecular weight is 329 g/mol. The summed E-state index contributed by atoms with van der Waals surface area (Å²) >= 11 is 5.91. The molecule has 1 aliphatic heterocycles. The minimum Gasteiger partial charge on any atom is -0.507 e. The molecule has 0 spiro atoms. The number of hydrogen-bond acceptors (Lipinski definition) is 3. The Morgan fingerprint density at radius 1 is 1.17 bits per heavy atom. The van der Waals surface area contributed by atoms with Crippen molar-refractivity contribution in [2.75, 3.05) is 5.01 Å². The number of aromatic hydroxyl groups is 1. The second kappa shape index (κ2) is 5.78. The third-order valence-electron chi connectivity index (χ3n) is 3.44. The van der Waals surface area contributed by atoms with Crippen LogP contribution in [0.15, 0.2) is 48.0 Å². The number of aryl methyl sites for hydroxylation is 1. The Bertz CT molecular complexity index is 845. The lowest BCUT2D eigenvalue weighted by Crippen LogP contribution is -2.35. The minimum absolute atomic E-state index is 0.00454. The Morgan fingerprint density at radius 2 is 1.96 bits per heavy atom. The maximum Gasteiger partial charge on any atom is 0.282 e. The van der Waals surface area contributed by atoms with Crippen LogP contribution in [0.5, 0.6) is 5.75 Å². The van der Waals surface area contributed by atoms with Crippen LogP contribution in [-0.2, 0) is 9.59 Å². The van der Waals surface area contributed by atoms with Crippen LogP contribution < -0.4 is 10.4 Å². The third-order valence-corrected chi connectivity index (χ3v) is 3.68. The van der Waals surface area contributed by atoms with Crippen LogP contribution in [0.1, 0.15) is 11.1 Å². The summed E-state index contributed by atoms with van der Waals surface area (Å²) < 4.78 is 0. The second-order valence-corrected chi connectivity index (χ2v) is 5.62. The van der Waals surface area contributed by atoms with E-state index in [1.54, 1.807) is 36.4 Å². The van der Waals surface area contributed by atoms with Crippen molar-refractivity contribution in [3.05, 3.63) is 64.2 Å². The third kappa shape index (κ3) is 2.91. The molecular formula is C17H13ClN2O3. The van der Waals surface area contributed by atoms with Crippen LogP contribution in [0.4, 0.5) is 5.69 Å². The first-order valence-corrected chi connectivity index (χ1v) is 7.26. The summed E-state index contributed by atoms with van der Waals surface area (Å²) in [7, 11) is 0. The largest absolute Gasteiger partial charge is 0.507 e. The first-order chi connectivity index (χ1) is 11.0. The minimum atomic E-state index is -0.532. The molecule has 1 fully saturated rings. The van der Waals surface area contributed by atoms with E-state index in [4.69, 9.17) is 11.6 Å². The predicted molar refractivity (Wildman–Crippen MR) is 87.9 cm³/mol. The van der Waals surface area contributed by atoms with Gasteiger partial charge in [0.25, 0.3) is 11.8 Å². The Labute approximate surface area is 137 Å². The number of carbonyl (C=O) groups is 2. The summed E-state index contributed by atoms with van der Waals surface area (Å²) in [5.41, 5.74) is 4.23. The number of halogens is 1. The number of nitrogens with one attached hydrogen (secondary N) is 1. The lowest BCUT2D eigenvalue weighted by Gasteiger charge is -2.14. The molecule has 1 saturated heterocycles. The molecule has 0 aromatic heterocycles. The van der Waals surface area contributed by atoms with Gasteiger partial charge in [0.2, 0.25) is 0 Å². The molecule has 0 saturated carbocycles. The molecule has 3 rings (SSSR count). The van der Waals surface area contributed by atoms with Crippen molar-refractivity contribution in [2.24, 2.45) is 0 Å². The van der Waals surface area contributed by atoms with Crippen molar-refractivity contribution in [1.29, 1.82) is 0 Å². The zero-order valence-electron chi connectivity index (χ0n) is 12.2. The highest BCUT2D eigenvalue weighted by Crippen LogP contribution is 2.26. The molecule has 1 heterocycles. The zero-order valence-corrected chi connectivity index (χ0v) is 13.0. The Kier molecular flexibility index (Phi) is 3.80. The number of hydrazine groups is 1. The fourth-order valence-corrected chi connectivity index (χ4v) is 2.48. The summed E-state index contributed by atoms with van der Waals surface area (Å²) in [5, 5.41) is 11.5. The van der Waals surface area contributed by atoms with E-state index in [9.17, 15) is 14.7 Å². The second-order valence-electron chi connectivity index (χ2n) is 5.18. The summed E-state index contributed by atoms with van der Waals surface area (Å²) in [4.78, 5) is 24.6. The van der Waals surface area contributed by atoms with Crippen LogP contribution >= 0.6 is 11.6 Å². The SMILES string of the molecule is Cc1ccc(O)c(/C=C2/C(=O)NN(c3cccc(Cl)c3)C2=O)c1. The van der Waals surface area contributed by atoms with Crippen molar-refractivity contribution in [2.45, 2.75) is 6.92 Å². The molecule has 2 amide bonds. The van der Waals surface area contributed by atoms with E-state index in [2.05, 4.69) is 5.43 Å². The molecule has 0 radical (unpaired) electrons. The van der Waals surface area contributed by atoms with Gasteiger partial charge in [-0.15, -0.1) is 0 Å². The van der Waals surface area contributed by atoms with Crippen molar-refractivity contribution < 1.29 is 14.7 Å². The molecule has 0 aliphatic carbocycles. The van der Waals surface area contributed by atoms with E-state index in [0.717, 1.165) is 10.6 Å². The quantitative estimate of drug-likeness (QED) is 0.658. The lowest BCUT2D eigenvalue weighted by atomic mass is 10.1. The standard InChI is InChI=1S/C17H13ClN2O3/c1-10-5-6-15(21)11(7-10)8-14-16(22)19-20(17(14)23)13-4-2-3-12(18)9-13/h2-9,21H,1H3,(H,19,22)/b14-8-. The van der Waals surface area contributed by atoms with Gasteiger partial charge in [-0.2, -0.15) is 0 Å². The Morgan fingerprint density at radius 3 is 2.70 bits per heavy atom. The van der Waals surface area contributed by atoms with Crippen molar-refractivity contribution in [3.8, 4) is 5.75 Å². The number of carbonyl (C=O) groups excluding carboxylic acids is 2. The highest BCUT2D eigenvalue weighted by Gasteiger charge is 2.34. The van der Waals surface area contributed by atoms with Gasteiger partial charge < -0.3 is 5.11 Å². The number of amides is 2. The first kappa shape index (κ1) is 15.1. The van der Waals surface area contributed by atoms with Gasteiger partial charge in [0.1, 0.15) is 11.3 Å². The summed E-state index contributed by atoms with van der Waals surface area (Å²) in [6.07, 6.45) is 1.38. The van der Waals surface area contributed by atoms with E-state index in [1.807, 2.05) is 6.92 Å². The zero-order chi connectivity index (χ0) is 16.6. The van der Waals surface area contributed by atoms with Gasteiger partial charge in [0.05, 0.1) is 5.69 Å². The average Bonchev–Trinajstić information content (AvgIpc) is 2.79. The molecular weight excluding hydrogens is 316 g/mol. The molecule has 23 heavy (non-hydrogen) atoms. The molecule has 5 nitrogen and oxygen atoms in total. The number of hydrogen-bond donors (Lipinski definition) is 2. The Balaban J connectivity index is 1.99. The molecule has 0 unspecified atom stereocenters. The molecule has 2 N–H and O–H groups in total. The number of benzene rings is 2. The van der Waals surface area contributed by atoms with Gasteiger partial charge in [-0.3, -0.25) is 15.0 Å². The number of nitrogens with zero attached hydrogens (tertiary/aromatic N) is 1. The summed E-state index contributed by atoms with van der Waals surface area (Å²) in [5.74, 6) is -1.03. The fourth-order valence-electron chi connectivity index (χ4n) is 2.30. The van der Waals surface area contributed by atoms with Crippen molar-refractivity contribution in [1.82, 2.24) is 5.43 Å². The Hall–Kier alpha value is -2.79. The van der Waals surface area contributed by atoms with E-state index in [1.165, 1.54) is 12.1 Å². The van der Waals surface area contributed by atoms with Gasteiger partial charge in [-0.1, -0.05) is 29.3 Å². The number of phenols is 1. The normalized spacial score (nSPS) is 16.1. The van der Waals surface area contributed by atoms with E-state index < -0.39 is 11.8 Å². The maximum absolute atomic E-state index is 12.5. The summed E-state index contributed by atoms with van der Waals surface area (Å²) in [6.45, 7) is 1.86. The molecule has 6 heteroatoms. The molecule has 1 aliphatic rings. The van der Waals surface area contributed by atoms with E-state index in [0.29, 0.717) is 16.3 Å². The molecule has 116 valence electrons. The van der Waals surface area contributed by atoms with E-state index >= 15 is 0 Å². The molecule has 0 atom stereocenters. The van der Waals surface area contributed by atoms with Gasteiger partial charge in [-0.05, 0) is 43.3 Å². The van der Waals surface area contributed by atoms with Crippen molar-refractivity contribution in [3.63, 3.8) is 0 Å². The van der Waals surface area contributed by atoms with Gasteiger partial charge >= 0.3 is 0 Å². The molecule has 2 aromatic carbocycles. The van der Waals surface area contributed by atoms with Crippen LogP contribution in [0.3, 0.4) is 0 Å². The van der Waals surface area contributed by atoms with Gasteiger partial charge in [-0.25, -0.2) is 5.01 Å². The highest BCUT2D eigenvalue weighted by atomic mass is 35.5. The maximum atomic E-state index is 12.5.